The molecule has 1 atom stereocenters. The third-order valence-corrected chi connectivity index (χ3v) is 4.36. The van der Waals surface area contributed by atoms with E-state index in [1.54, 1.807) is 7.05 Å². The summed E-state index contributed by atoms with van der Waals surface area (Å²) in [5.74, 6) is 0.197. The quantitative estimate of drug-likeness (QED) is 0.303. The molecule has 1 amide bonds. The number of nitrogens with zero attached hydrogens (tertiary/aromatic N) is 2. The van der Waals surface area contributed by atoms with Gasteiger partial charge < -0.3 is 20.7 Å². The summed E-state index contributed by atoms with van der Waals surface area (Å²) in [6.07, 6.45) is 0. The number of ether oxygens (including phenoxy) is 1. The summed E-state index contributed by atoms with van der Waals surface area (Å²) in [5, 5.41) is 9.22. The van der Waals surface area contributed by atoms with E-state index in [9.17, 15) is 9.18 Å². The Morgan fingerprint density at radius 1 is 1.21 bits per heavy atom. The number of hydrogen-bond donors (Lipinski definition) is 3. The van der Waals surface area contributed by atoms with Crippen LogP contribution in [0.3, 0.4) is 0 Å². The first-order valence-corrected chi connectivity index (χ1v) is 9.61. The smallest absolute Gasteiger partial charge is 0.239 e. The van der Waals surface area contributed by atoms with Crippen LogP contribution in [0.15, 0.2) is 29.3 Å². The van der Waals surface area contributed by atoms with Crippen LogP contribution in [0, 0.1) is 5.82 Å². The number of amides is 1. The predicted molar refractivity (Wildman–Crippen MR) is 124 cm³/mol. The fourth-order valence-electron chi connectivity index (χ4n) is 3.07. The Morgan fingerprint density at radius 3 is 2.38 bits per heavy atom. The highest BCUT2D eigenvalue weighted by Gasteiger charge is 2.23. The molecule has 164 valence electrons. The van der Waals surface area contributed by atoms with Crippen molar-refractivity contribution in [3.05, 3.63) is 35.6 Å². The Labute approximate surface area is 189 Å². The van der Waals surface area contributed by atoms with Gasteiger partial charge in [-0.05, 0) is 38.5 Å². The average molecular weight is 521 g/mol. The molecule has 0 radical (unpaired) electrons. The van der Waals surface area contributed by atoms with Crippen molar-refractivity contribution in [2.24, 2.45) is 4.99 Å². The second-order valence-corrected chi connectivity index (χ2v) is 7.82. The fourth-order valence-corrected chi connectivity index (χ4v) is 3.07. The Balaban J connectivity index is 0.00000420. The number of carbonyl (C=O) groups excluding carboxylic acids is 1. The molecule has 3 N–H and O–H groups in total. The van der Waals surface area contributed by atoms with E-state index in [0.29, 0.717) is 25.7 Å². The van der Waals surface area contributed by atoms with Gasteiger partial charge in [0.25, 0.3) is 0 Å². The molecule has 1 aliphatic rings. The maximum Gasteiger partial charge on any atom is 0.239 e. The highest BCUT2D eigenvalue weighted by Crippen LogP contribution is 2.21. The number of aliphatic imine (C=N–C) groups is 1. The molecule has 1 unspecified atom stereocenters. The third-order valence-electron chi connectivity index (χ3n) is 4.36. The Bertz CT molecular complexity index is 658. The first kappa shape index (κ1) is 25.6. The molecule has 1 saturated heterocycles. The van der Waals surface area contributed by atoms with Gasteiger partial charge in [-0.15, -0.1) is 24.0 Å². The van der Waals surface area contributed by atoms with Gasteiger partial charge in [-0.25, -0.2) is 4.39 Å². The van der Waals surface area contributed by atoms with Gasteiger partial charge in [0, 0.05) is 32.2 Å². The molecule has 0 aliphatic carbocycles. The summed E-state index contributed by atoms with van der Waals surface area (Å²) in [4.78, 5) is 18.5. The number of carbonyl (C=O) groups is 1. The number of nitrogens with one attached hydrogen (secondary N) is 3. The number of benzene rings is 1. The number of hydrogen-bond acceptors (Lipinski definition) is 4. The largest absolute Gasteiger partial charge is 0.379 e. The van der Waals surface area contributed by atoms with Crippen molar-refractivity contribution < 1.29 is 13.9 Å². The second-order valence-electron chi connectivity index (χ2n) is 7.82. The summed E-state index contributed by atoms with van der Waals surface area (Å²) in [6.45, 7) is 9.50. The van der Waals surface area contributed by atoms with E-state index in [-0.39, 0.29) is 53.8 Å². The first-order valence-electron chi connectivity index (χ1n) is 9.61. The maximum absolute atomic E-state index is 13.3. The zero-order valence-electron chi connectivity index (χ0n) is 17.6. The van der Waals surface area contributed by atoms with Crippen LogP contribution in [-0.4, -0.2) is 68.7 Å². The average Bonchev–Trinajstić information content (AvgIpc) is 2.65. The van der Waals surface area contributed by atoms with Gasteiger partial charge in [0.1, 0.15) is 5.82 Å². The molecule has 7 nitrogen and oxygen atoms in total. The van der Waals surface area contributed by atoms with Crippen molar-refractivity contribution in [2.75, 3.05) is 46.4 Å². The van der Waals surface area contributed by atoms with Gasteiger partial charge in [0.15, 0.2) is 5.96 Å². The van der Waals surface area contributed by atoms with Gasteiger partial charge in [-0.3, -0.25) is 14.7 Å². The number of rotatable bonds is 6. The van der Waals surface area contributed by atoms with E-state index in [1.165, 1.54) is 12.1 Å². The molecular formula is C20H33FIN5O2. The molecule has 1 aliphatic heterocycles. The van der Waals surface area contributed by atoms with E-state index in [1.807, 2.05) is 32.9 Å². The minimum absolute atomic E-state index is 0. The van der Waals surface area contributed by atoms with E-state index < -0.39 is 0 Å². The lowest BCUT2D eigenvalue weighted by atomic mass is 10.0. The van der Waals surface area contributed by atoms with Crippen LogP contribution in [0.5, 0.6) is 0 Å². The summed E-state index contributed by atoms with van der Waals surface area (Å²) in [7, 11) is 1.67. The number of morpholine rings is 1. The van der Waals surface area contributed by atoms with Gasteiger partial charge in [0.05, 0.1) is 25.8 Å². The van der Waals surface area contributed by atoms with Crippen molar-refractivity contribution >= 4 is 35.8 Å². The monoisotopic (exact) mass is 521 g/mol. The highest BCUT2D eigenvalue weighted by molar-refractivity contribution is 14.0. The first-order chi connectivity index (χ1) is 13.3. The third kappa shape index (κ3) is 9.26. The minimum atomic E-state index is -0.278. The van der Waals surface area contributed by atoms with Crippen LogP contribution in [0.4, 0.5) is 4.39 Å². The fraction of sp³-hybridized carbons (Fsp3) is 0.600. The molecule has 0 aromatic heterocycles. The van der Waals surface area contributed by atoms with Crippen LogP contribution < -0.4 is 16.0 Å². The van der Waals surface area contributed by atoms with Crippen molar-refractivity contribution in [1.29, 1.82) is 0 Å². The molecule has 1 aromatic carbocycles. The Kier molecular flexibility index (Phi) is 10.8. The predicted octanol–water partition coefficient (Wildman–Crippen LogP) is 1.90. The Morgan fingerprint density at radius 2 is 1.83 bits per heavy atom. The summed E-state index contributed by atoms with van der Waals surface area (Å²) in [6, 6.07) is 6.62. The maximum atomic E-state index is 13.3. The van der Waals surface area contributed by atoms with Gasteiger partial charge in [-0.2, -0.15) is 0 Å². The van der Waals surface area contributed by atoms with Gasteiger partial charge in [-0.1, -0.05) is 12.1 Å². The van der Waals surface area contributed by atoms with E-state index in [2.05, 4.69) is 25.8 Å². The molecule has 1 fully saturated rings. The SMILES string of the molecule is CN=C(NCC(=O)NC(C)(C)C)NCC(c1ccc(F)cc1)N1CCOCC1.I. The zero-order valence-corrected chi connectivity index (χ0v) is 20.0. The highest BCUT2D eigenvalue weighted by atomic mass is 127. The lowest BCUT2D eigenvalue weighted by molar-refractivity contribution is -0.121. The lowest BCUT2D eigenvalue weighted by Crippen LogP contribution is -2.50. The zero-order chi connectivity index (χ0) is 20.6. The van der Waals surface area contributed by atoms with Crippen LogP contribution >= 0.6 is 24.0 Å². The van der Waals surface area contributed by atoms with Crippen LogP contribution in [0.25, 0.3) is 0 Å². The van der Waals surface area contributed by atoms with Crippen molar-refractivity contribution in [3.8, 4) is 0 Å². The van der Waals surface area contributed by atoms with Gasteiger partial charge in [0.2, 0.25) is 5.91 Å². The van der Waals surface area contributed by atoms with Crippen LogP contribution in [-0.2, 0) is 9.53 Å². The number of guanidine groups is 1. The molecule has 0 saturated carbocycles. The molecule has 9 heteroatoms. The second kappa shape index (κ2) is 12.3. The molecule has 29 heavy (non-hydrogen) atoms. The molecule has 2 rings (SSSR count). The summed E-state index contributed by atoms with van der Waals surface area (Å²) < 4.78 is 18.8. The summed E-state index contributed by atoms with van der Waals surface area (Å²) >= 11 is 0. The van der Waals surface area contributed by atoms with Crippen molar-refractivity contribution in [3.63, 3.8) is 0 Å². The van der Waals surface area contributed by atoms with Gasteiger partial charge >= 0.3 is 0 Å². The van der Waals surface area contributed by atoms with E-state index >= 15 is 0 Å². The molecule has 1 heterocycles. The summed E-state index contributed by atoms with van der Waals surface area (Å²) in [5.41, 5.74) is 0.747. The van der Waals surface area contributed by atoms with Crippen LogP contribution in [0.1, 0.15) is 32.4 Å². The molecular weight excluding hydrogens is 488 g/mol. The van der Waals surface area contributed by atoms with Crippen molar-refractivity contribution in [1.82, 2.24) is 20.9 Å². The van der Waals surface area contributed by atoms with Crippen LogP contribution in [0.2, 0.25) is 0 Å². The lowest BCUT2D eigenvalue weighted by Gasteiger charge is -2.35. The Hall–Kier alpha value is -1.46. The van der Waals surface area contributed by atoms with E-state index in [4.69, 9.17) is 4.74 Å². The number of halogens is 2. The topological polar surface area (TPSA) is 78.0 Å². The molecule has 0 spiro atoms. The molecule has 0 bridgehead atoms. The minimum Gasteiger partial charge on any atom is -0.379 e. The standard InChI is InChI=1S/C20H32FN5O2.HI/c1-20(2,3)25-18(27)14-24-19(22-4)23-13-17(26-9-11-28-12-10-26)15-5-7-16(21)8-6-15;/h5-8,17H,9-14H2,1-4H3,(H,25,27)(H2,22,23,24);1H. The molecule has 1 aromatic rings. The van der Waals surface area contributed by atoms with Crippen molar-refractivity contribution in [2.45, 2.75) is 32.4 Å². The van der Waals surface area contributed by atoms with E-state index in [0.717, 1.165) is 18.7 Å². The normalized spacial score (nSPS) is 16.5.